The lowest BCUT2D eigenvalue weighted by Crippen LogP contribution is -2.27. The van der Waals surface area contributed by atoms with E-state index in [-0.39, 0.29) is 12.5 Å². The SMILES string of the molecule is Cc1nn(Cc2ccccc2)c(C)c1C(=O)N(C)Cc1c(F)cccc1Cl. The summed E-state index contributed by atoms with van der Waals surface area (Å²) in [6.07, 6.45) is 0. The van der Waals surface area contributed by atoms with Gasteiger partial charge in [-0.3, -0.25) is 9.48 Å². The van der Waals surface area contributed by atoms with Crippen molar-refractivity contribution in [3.8, 4) is 0 Å². The molecule has 1 amide bonds. The predicted octanol–water partition coefficient (Wildman–Crippen LogP) is 4.61. The van der Waals surface area contributed by atoms with Gasteiger partial charge in [0, 0.05) is 29.9 Å². The molecule has 6 heteroatoms. The van der Waals surface area contributed by atoms with Crippen LogP contribution in [0.1, 0.15) is 32.9 Å². The quantitative estimate of drug-likeness (QED) is 0.643. The molecule has 3 aromatic rings. The Hall–Kier alpha value is -2.66. The third kappa shape index (κ3) is 4.03. The van der Waals surface area contributed by atoms with Crippen LogP contribution < -0.4 is 0 Å². The molecule has 1 aromatic heterocycles. The summed E-state index contributed by atoms with van der Waals surface area (Å²) in [6.45, 7) is 4.36. The number of amides is 1. The average molecular weight is 386 g/mol. The zero-order valence-corrected chi connectivity index (χ0v) is 16.3. The van der Waals surface area contributed by atoms with Crippen molar-refractivity contribution >= 4 is 17.5 Å². The van der Waals surface area contributed by atoms with Gasteiger partial charge in [0.2, 0.25) is 0 Å². The summed E-state index contributed by atoms with van der Waals surface area (Å²) in [5.74, 6) is -0.626. The van der Waals surface area contributed by atoms with Crippen LogP contribution in [0.15, 0.2) is 48.5 Å². The van der Waals surface area contributed by atoms with Gasteiger partial charge < -0.3 is 4.90 Å². The second kappa shape index (κ2) is 7.92. The molecule has 0 aliphatic heterocycles. The molecule has 4 nitrogen and oxygen atoms in total. The second-order valence-corrected chi connectivity index (χ2v) is 6.96. The van der Waals surface area contributed by atoms with E-state index >= 15 is 0 Å². The van der Waals surface area contributed by atoms with Crippen LogP contribution in [0, 0.1) is 19.7 Å². The van der Waals surface area contributed by atoms with Gasteiger partial charge in [0.1, 0.15) is 5.82 Å². The molecule has 0 spiro atoms. The summed E-state index contributed by atoms with van der Waals surface area (Å²) in [5.41, 5.74) is 3.39. The Bertz CT molecular complexity index is 949. The minimum Gasteiger partial charge on any atom is -0.337 e. The molecule has 1 heterocycles. The third-order valence-electron chi connectivity index (χ3n) is 4.57. The van der Waals surface area contributed by atoms with E-state index < -0.39 is 5.82 Å². The largest absolute Gasteiger partial charge is 0.337 e. The topological polar surface area (TPSA) is 38.1 Å². The van der Waals surface area contributed by atoms with Crippen LogP contribution >= 0.6 is 11.6 Å². The van der Waals surface area contributed by atoms with Gasteiger partial charge in [-0.15, -0.1) is 0 Å². The van der Waals surface area contributed by atoms with Crippen molar-refractivity contribution in [1.82, 2.24) is 14.7 Å². The van der Waals surface area contributed by atoms with E-state index in [1.165, 1.54) is 11.0 Å². The van der Waals surface area contributed by atoms with Crippen LogP contribution in [0.4, 0.5) is 4.39 Å². The first-order valence-corrected chi connectivity index (χ1v) is 9.02. The number of carbonyl (C=O) groups excluding carboxylic acids is 1. The highest BCUT2D eigenvalue weighted by Gasteiger charge is 2.23. The van der Waals surface area contributed by atoms with Gasteiger partial charge in [-0.1, -0.05) is 48.0 Å². The Labute approximate surface area is 163 Å². The Kier molecular flexibility index (Phi) is 5.61. The Morgan fingerprint density at radius 2 is 1.85 bits per heavy atom. The number of halogens is 2. The maximum Gasteiger partial charge on any atom is 0.257 e. The molecule has 0 bridgehead atoms. The summed E-state index contributed by atoms with van der Waals surface area (Å²) in [4.78, 5) is 14.5. The smallest absolute Gasteiger partial charge is 0.257 e. The highest BCUT2D eigenvalue weighted by molar-refractivity contribution is 6.31. The second-order valence-electron chi connectivity index (χ2n) is 6.55. The molecule has 0 atom stereocenters. The number of benzene rings is 2. The van der Waals surface area contributed by atoms with Gasteiger partial charge in [-0.25, -0.2) is 4.39 Å². The molecule has 0 saturated carbocycles. The molecule has 0 N–H and O–H groups in total. The number of hydrogen-bond acceptors (Lipinski definition) is 2. The lowest BCUT2D eigenvalue weighted by atomic mass is 10.1. The first-order valence-electron chi connectivity index (χ1n) is 8.64. The Morgan fingerprint density at radius 3 is 2.52 bits per heavy atom. The number of aryl methyl sites for hydroxylation is 1. The van der Waals surface area contributed by atoms with Gasteiger partial charge >= 0.3 is 0 Å². The van der Waals surface area contributed by atoms with E-state index in [0.29, 0.717) is 28.4 Å². The molecule has 0 radical (unpaired) electrons. The van der Waals surface area contributed by atoms with Gasteiger partial charge in [-0.2, -0.15) is 5.10 Å². The van der Waals surface area contributed by atoms with Gasteiger partial charge in [0.05, 0.1) is 17.8 Å². The summed E-state index contributed by atoms with van der Waals surface area (Å²) in [5, 5.41) is 4.83. The van der Waals surface area contributed by atoms with E-state index in [0.717, 1.165) is 11.3 Å². The average Bonchev–Trinajstić information content (AvgIpc) is 2.92. The van der Waals surface area contributed by atoms with Crippen molar-refractivity contribution in [1.29, 1.82) is 0 Å². The van der Waals surface area contributed by atoms with Crippen molar-refractivity contribution in [2.75, 3.05) is 7.05 Å². The molecule has 2 aromatic carbocycles. The Balaban J connectivity index is 1.84. The zero-order valence-electron chi connectivity index (χ0n) is 15.5. The van der Waals surface area contributed by atoms with Crippen LogP contribution in [-0.2, 0) is 13.1 Å². The lowest BCUT2D eigenvalue weighted by Gasteiger charge is -2.19. The minimum absolute atomic E-state index is 0.0904. The Morgan fingerprint density at radius 1 is 1.15 bits per heavy atom. The fourth-order valence-corrected chi connectivity index (χ4v) is 3.32. The van der Waals surface area contributed by atoms with Crippen molar-refractivity contribution in [3.63, 3.8) is 0 Å². The molecule has 0 fully saturated rings. The number of aromatic nitrogens is 2. The van der Waals surface area contributed by atoms with E-state index in [1.54, 1.807) is 19.2 Å². The standard InChI is InChI=1S/C21H21ClFN3O/c1-14-20(15(2)26(24-14)12-16-8-5-4-6-9-16)21(27)25(3)13-17-18(22)10-7-11-19(17)23/h4-11H,12-13H2,1-3H3. The molecule has 0 saturated heterocycles. The minimum atomic E-state index is -0.421. The number of carbonyl (C=O) groups is 1. The van der Waals surface area contributed by atoms with Crippen LogP contribution in [0.2, 0.25) is 5.02 Å². The van der Waals surface area contributed by atoms with Crippen LogP contribution in [-0.4, -0.2) is 27.6 Å². The fraction of sp³-hybridized carbons (Fsp3) is 0.238. The fourth-order valence-electron chi connectivity index (χ4n) is 3.10. The highest BCUT2D eigenvalue weighted by Crippen LogP contribution is 2.22. The van der Waals surface area contributed by atoms with Crippen molar-refractivity contribution in [3.05, 3.63) is 87.4 Å². The summed E-state index contributed by atoms with van der Waals surface area (Å²) in [6, 6.07) is 14.4. The number of rotatable bonds is 5. The zero-order chi connectivity index (χ0) is 19.6. The number of hydrogen-bond donors (Lipinski definition) is 0. The molecule has 3 rings (SSSR count). The van der Waals surface area contributed by atoms with Crippen molar-refractivity contribution in [2.45, 2.75) is 26.9 Å². The van der Waals surface area contributed by atoms with E-state index in [1.807, 2.05) is 48.9 Å². The molecule has 140 valence electrons. The highest BCUT2D eigenvalue weighted by atomic mass is 35.5. The van der Waals surface area contributed by atoms with E-state index in [4.69, 9.17) is 11.6 Å². The number of nitrogens with zero attached hydrogens (tertiary/aromatic N) is 3. The monoisotopic (exact) mass is 385 g/mol. The van der Waals surface area contributed by atoms with Crippen molar-refractivity contribution in [2.24, 2.45) is 0 Å². The van der Waals surface area contributed by atoms with Gasteiger partial charge in [-0.05, 0) is 31.5 Å². The summed E-state index contributed by atoms with van der Waals surface area (Å²) in [7, 11) is 1.64. The maximum atomic E-state index is 14.0. The predicted molar refractivity (Wildman–Crippen MR) is 104 cm³/mol. The first kappa shape index (κ1) is 19.1. The summed E-state index contributed by atoms with van der Waals surface area (Å²) >= 11 is 6.09. The van der Waals surface area contributed by atoms with Gasteiger partial charge in [0.15, 0.2) is 0 Å². The first-order chi connectivity index (χ1) is 12.9. The normalized spacial score (nSPS) is 10.9. The third-order valence-corrected chi connectivity index (χ3v) is 4.93. The summed E-state index contributed by atoms with van der Waals surface area (Å²) < 4.78 is 15.9. The van der Waals surface area contributed by atoms with Crippen LogP contribution in [0.3, 0.4) is 0 Å². The molecule has 0 unspecified atom stereocenters. The molecule has 27 heavy (non-hydrogen) atoms. The molecule has 0 aliphatic rings. The van der Waals surface area contributed by atoms with Gasteiger partial charge in [0.25, 0.3) is 5.91 Å². The lowest BCUT2D eigenvalue weighted by molar-refractivity contribution is 0.0782. The van der Waals surface area contributed by atoms with Crippen LogP contribution in [0.5, 0.6) is 0 Å². The molecular weight excluding hydrogens is 365 g/mol. The van der Waals surface area contributed by atoms with Crippen molar-refractivity contribution < 1.29 is 9.18 Å². The maximum absolute atomic E-state index is 14.0. The van der Waals surface area contributed by atoms with E-state index in [9.17, 15) is 9.18 Å². The van der Waals surface area contributed by atoms with E-state index in [2.05, 4.69) is 5.10 Å². The molecule has 0 aliphatic carbocycles. The van der Waals surface area contributed by atoms with Crippen LogP contribution in [0.25, 0.3) is 0 Å². The molecular formula is C21H21ClFN3O.